The maximum atomic E-state index is 13.4. The van der Waals surface area contributed by atoms with E-state index in [1.54, 1.807) is 11.9 Å². The lowest BCUT2D eigenvalue weighted by molar-refractivity contribution is -0.110. The van der Waals surface area contributed by atoms with Crippen molar-refractivity contribution in [1.82, 2.24) is 26.0 Å². The number of nitrogens with two attached hydrogens (primary N) is 1. The van der Waals surface area contributed by atoms with Crippen molar-refractivity contribution in [1.29, 1.82) is 5.41 Å². The van der Waals surface area contributed by atoms with Gasteiger partial charge in [0.25, 0.3) is 0 Å². The number of unbranched alkanes of at least 4 members (excludes halogenated alkanes) is 1. The van der Waals surface area contributed by atoms with Crippen molar-refractivity contribution >= 4 is 18.3 Å². The number of carbonyl (C=O) groups is 2. The molecule has 0 aliphatic rings. The Bertz CT molecular complexity index is 1100. The van der Waals surface area contributed by atoms with Crippen LogP contribution in [0.15, 0.2) is 72.5 Å². The molecule has 236 valence electrons. The molecule has 1 amide bonds. The SMILES string of the molecule is C/C=C(\OC(=O)N(C)CCCCNN[C@H](C=O)CCCNC(=N)N)C(CC(C)N(C)C)(c1ccccc1)c1ccccc1. The molecule has 0 aliphatic heterocycles. The highest BCUT2D eigenvalue weighted by Gasteiger charge is 2.42. The molecule has 0 saturated heterocycles. The van der Waals surface area contributed by atoms with Crippen LogP contribution in [0.4, 0.5) is 4.79 Å². The highest BCUT2D eigenvalue weighted by atomic mass is 16.6. The molecule has 2 atom stereocenters. The second kappa shape index (κ2) is 18.7. The van der Waals surface area contributed by atoms with Gasteiger partial charge in [-0.3, -0.25) is 10.8 Å². The Morgan fingerprint density at radius 2 is 1.60 bits per heavy atom. The third-order valence-corrected chi connectivity index (χ3v) is 7.71. The Hall–Kier alpha value is -3.73. The summed E-state index contributed by atoms with van der Waals surface area (Å²) in [7, 11) is 5.89. The van der Waals surface area contributed by atoms with Crippen molar-refractivity contribution in [2.45, 2.75) is 63.5 Å². The minimum atomic E-state index is -0.662. The van der Waals surface area contributed by atoms with Crippen LogP contribution in [0.5, 0.6) is 0 Å². The first-order valence-electron chi connectivity index (χ1n) is 15.0. The molecule has 0 aliphatic carbocycles. The summed E-state index contributed by atoms with van der Waals surface area (Å²) in [5, 5.41) is 9.90. The molecule has 0 spiro atoms. The standard InChI is InChI=1S/C33H51N7O3/c1-6-30(33(24-26(2)39(3)4,27-16-9-7-10-17-27)28-18-11-8-12-19-28)43-32(42)40(5)23-14-13-22-37-38-29(25-41)20-15-21-36-31(34)35/h6-12,16-19,25-26,29,37-38H,13-15,20-24H2,1-5H3,(H4,34,35,36)/b30-6-/t26?,29-/m0/s1. The second-order valence-electron chi connectivity index (χ2n) is 11.1. The molecule has 2 aromatic rings. The Balaban J connectivity index is 2.04. The fourth-order valence-electron chi connectivity index (χ4n) is 5.00. The Morgan fingerprint density at radius 3 is 2.12 bits per heavy atom. The monoisotopic (exact) mass is 593 g/mol. The second-order valence-corrected chi connectivity index (χ2v) is 11.1. The number of benzene rings is 2. The fourth-order valence-corrected chi connectivity index (χ4v) is 5.00. The van der Waals surface area contributed by atoms with Crippen LogP contribution in [0.3, 0.4) is 0 Å². The van der Waals surface area contributed by atoms with Gasteiger partial charge in [0.05, 0.1) is 11.5 Å². The fraction of sp³-hybridized carbons (Fsp3) is 0.485. The molecule has 0 bridgehead atoms. The molecule has 0 radical (unpaired) electrons. The van der Waals surface area contributed by atoms with E-state index < -0.39 is 11.5 Å². The predicted molar refractivity (Wildman–Crippen MR) is 174 cm³/mol. The van der Waals surface area contributed by atoms with Gasteiger partial charge < -0.3 is 30.4 Å². The molecular weight excluding hydrogens is 542 g/mol. The van der Waals surface area contributed by atoms with Gasteiger partial charge >= 0.3 is 6.09 Å². The molecule has 0 fully saturated rings. The van der Waals surface area contributed by atoms with Crippen LogP contribution in [0.2, 0.25) is 0 Å². The molecule has 2 aromatic carbocycles. The highest BCUT2D eigenvalue weighted by Crippen LogP contribution is 2.44. The average Bonchev–Trinajstić information content (AvgIpc) is 3.01. The van der Waals surface area contributed by atoms with Crippen LogP contribution in [0.1, 0.15) is 57.1 Å². The summed E-state index contributed by atoms with van der Waals surface area (Å²) in [5.74, 6) is 0.537. The molecule has 43 heavy (non-hydrogen) atoms. The Morgan fingerprint density at radius 1 is 1.00 bits per heavy atom. The van der Waals surface area contributed by atoms with Crippen molar-refractivity contribution in [3.05, 3.63) is 83.6 Å². The number of rotatable bonds is 19. The van der Waals surface area contributed by atoms with Gasteiger partial charge in [-0.1, -0.05) is 60.7 Å². The lowest BCUT2D eigenvalue weighted by atomic mass is 9.68. The summed E-state index contributed by atoms with van der Waals surface area (Å²) in [5.41, 5.74) is 12.9. The molecule has 2 rings (SSSR count). The van der Waals surface area contributed by atoms with Crippen LogP contribution < -0.4 is 21.9 Å². The Labute approximate surface area is 257 Å². The maximum absolute atomic E-state index is 13.4. The largest absolute Gasteiger partial charge is 0.414 e. The van der Waals surface area contributed by atoms with Crippen molar-refractivity contribution < 1.29 is 14.3 Å². The lowest BCUT2D eigenvalue weighted by Crippen LogP contribution is -2.43. The minimum absolute atomic E-state index is 0.0739. The third-order valence-electron chi connectivity index (χ3n) is 7.71. The van der Waals surface area contributed by atoms with Gasteiger partial charge in [0.2, 0.25) is 0 Å². The zero-order chi connectivity index (χ0) is 31.7. The first kappa shape index (κ1) is 35.5. The minimum Gasteiger partial charge on any atom is -0.414 e. The van der Waals surface area contributed by atoms with Crippen LogP contribution in [0, 0.1) is 5.41 Å². The molecule has 0 saturated carbocycles. The van der Waals surface area contributed by atoms with Gasteiger partial charge in [-0.05, 0) is 77.2 Å². The van der Waals surface area contributed by atoms with E-state index in [-0.39, 0.29) is 18.0 Å². The van der Waals surface area contributed by atoms with E-state index in [9.17, 15) is 9.59 Å². The van der Waals surface area contributed by atoms with Crippen molar-refractivity contribution in [3.63, 3.8) is 0 Å². The van der Waals surface area contributed by atoms with Gasteiger partial charge in [-0.25, -0.2) is 10.2 Å². The van der Waals surface area contributed by atoms with Gasteiger partial charge in [0.15, 0.2) is 5.96 Å². The summed E-state index contributed by atoms with van der Waals surface area (Å²) >= 11 is 0. The van der Waals surface area contributed by atoms with E-state index >= 15 is 0 Å². The molecule has 0 aromatic heterocycles. The number of nitrogens with one attached hydrogen (secondary N) is 4. The molecule has 6 N–H and O–H groups in total. The number of aldehydes is 1. The number of carbonyl (C=O) groups excluding carboxylic acids is 2. The Kier molecular flexibility index (Phi) is 15.5. The molecule has 10 nitrogen and oxygen atoms in total. The van der Waals surface area contributed by atoms with Gasteiger partial charge in [-0.2, -0.15) is 0 Å². The number of guanidine groups is 1. The number of hydrogen-bond donors (Lipinski definition) is 5. The zero-order valence-corrected chi connectivity index (χ0v) is 26.4. The molecule has 1 unspecified atom stereocenters. The first-order valence-corrected chi connectivity index (χ1v) is 15.0. The van der Waals surface area contributed by atoms with E-state index in [1.807, 2.05) is 49.4 Å². The number of ether oxygens (including phenoxy) is 1. The van der Waals surface area contributed by atoms with E-state index in [4.69, 9.17) is 15.9 Å². The molecule has 0 heterocycles. The number of nitrogens with zero attached hydrogens (tertiary/aromatic N) is 2. The van der Waals surface area contributed by atoms with Gasteiger partial charge in [-0.15, -0.1) is 0 Å². The summed E-state index contributed by atoms with van der Waals surface area (Å²) in [6.45, 7) is 5.84. The normalized spacial score (nSPS) is 13.3. The summed E-state index contributed by atoms with van der Waals surface area (Å²) in [6.07, 6.45) is 6.02. The van der Waals surface area contributed by atoms with Crippen LogP contribution >= 0.6 is 0 Å². The van der Waals surface area contributed by atoms with Crippen LogP contribution in [-0.4, -0.2) is 81.0 Å². The number of hydrogen-bond acceptors (Lipinski definition) is 7. The topological polar surface area (TPSA) is 136 Å². The van der Waals surface area contributed by atoms with Crippen LogP contribution in [-0.2, 0) is 14.9 Å². The van der Waals surface area contributed by atoms with E-state index in [1.165, 1.54) is 0 Å². The van der Waals surface area contributed by atoms with E-state index in [0.29, 0.717) is 38.2 Å². The number of allylic oxidation sites excluding steroid dienone is 2. The summed E-state index contributed by atoms with van der Waals surface area (Å²) in [6, 6.07) is 20.4. The van der Waals surface area contributed by atoms with Gasteiger partial charge in [0, 0.05) is 32.7 Å². The van der Waals surface area contributed by atoms with E-state index in [0.717, 1.165) is 36.7 Å². The lowest BCUT2D eigenvalue weighted by Gasteiger charge is -2.40. The quantitative estimate of drug-likeness (QED) is 0.0412. The smallest absolute Gasteiger partial charge is 0.414 e. The summed E-state index contributed by atoms with van der Waals surface area (Å²) < 4.78 is 6.24. The third kappa shape index (κ3) is 11.1. The highest BCUT2D eigenvalue weighted by molar-refractivity contribution is 5.74. The number of amides is 1. The van der Waals surface area contributed by atoms with Crippen molar-refractivity contribution in [3.8, 4) is 0 Å². The number of hydrazine groups is 1. The summed E-state index contributed by atoms with van der Waals surface area (Å²) in [4.78, 5) is 28.5. The van der Waals surface area contributed by atoms with E-state index in [2.05, 4.69) is 66.4 Å². The van der Waals surface area contributed by atoms with Crippen molar-refractivity contribution in [2.75, 3.05) is 40.8 Å². The zero-order valence-electron chi connectivity index (χ0n) is 26.4. The molecule has 10 heteroatoms. The maximum Gasteiger partial charge on any atom is 0.414 e. The van der Waals surface area contributed by atoms with Crippen LogP contribution in [0.25, 0.3) is 0 Å². The molecular formula is C33H51N7O3. The first-order chi connectivity index (χ1) is 20.6. The van der Waals surface area contributed by atoms with Crippen molar-refractivity contribution in [2.24, 2.45) is 5.73 Å². The average molecular weight is 594 g/mol. The van der Waals surface area contributed by atoms with Gasteiger partial charge in [0.1, 0.15) is 12.0 Å². The predicted octanol–water partition coefficient (Wildman–Crippen LogP) is 3.99.